The molecular weight excluding hydrogens is 333 g/mol. The molecule has 2 aliphatic rings. The van der Waals surface area contributed by atoms with Crippen LogP contribution >= 0.6 is 34.8 Å². The molecule has 1 aromatic rings. The number of alkyl halides is 3. The lowest BCUT2D eigenvalue weighted by atomic mass is 10.0. The van der Waals surface area contributed by atoms with Gasteiger partial charge in [-0.2, -0.15) is 0 Å². The molecule has 0 aromatic carbocycles. The van der Waals surface area contributed by atoms with Crippen LogP contribution in [0.1, 0.15) is 46.5 Å². The summed E-state index contributed by atoms with van der Waals surface area (Å²) in [5, 5.41) is 0. The number of carbonyl (C=O) groups excluding carboxylic acids is 2. The van der Waals surface area contributed by atoms with Gasteiger partial charge in [-0.15, -0.1) is 0 Å². The second-order valence-electron chi connectivity index (χ2n) is 6.05. The Balaban J connectivity index is 1.81. The number of nitrogens with zero attached hydrogens (tertiary/aromatic N) is 1. The number of aromatic nitrogens is 1. The number of halogens is 3. The van der Waals surface area contributed by atoms with Crippen LogP contribution < -0.4 is 0 Å². The molecule has 2 saturated carbocycles. The van der Waals surface area contributed by atoms with Gasteiger partial charge in [-0.3, -0.25) is 9.59 Å². The number of aryl methyl sites for hydroxylation is 1. The van der Waals surface area contributed by atoms with Gasteiger partial charge in [0.2, 0.25) is 5.78 Å². The van der Waals surface area contributed by atoms with Gasteiger partial charge in [-0.05, 0) is 30.7 Å². The highest BCUT2D eigenvalue weighted by atomic mass is 35.6. The standard InChI is InChI=1S/C15H16Cl3NO2/c1-19-7-8(6-11(19)14(21)15(16,17)18)13(20)12-9-4-2-3-5-10(9)12/h6-7,9-10,12H,2-5H2,1H3. The number of hydrogen-bond acceptors (Lipinski definition) is 2. The van der Waals surface area contributed by atoms with Crippen molar-refractivity contribution in [2.24, 2.45) is 24.8 Å². The summed E-state index contributed by atoms with van der Waals surface area (Å²) in [7, 11) is 1.68. The molecule has 2 atom stereocenters. The molecule has 21 heavy (non-hydrogen) atoms. The van der Waals surface area contributed by atoms with Gasteiger partial charge in [-0.1, -0.05) is 47.6 Å². The molecule has 0 radical (unpaired) electrons. The number of fused-ring (bicyclic) bond motifs is 1. The first-order chi connectivity index (χ1) is 9.80. The molecular formula is C15H16Cl3NO2. The van der Waals surface area contributed by atoms with Crippen molar-refractivity contribution in [2.45, 2.75) is 29.5 Å². The maximum absolute atomic E-state index is 12.6. The molecule has 0 amide bonds. The fraction of sp³-hybridized carbons (Fsp3) is 0.600. The van der Waals surface area contributed by atoms with E-state index in [1.807, 2.05) is 0 Å². The summed E-state index contributed by atoms with van der Waals surface area (Å²) in [6.07, 6.45) is 6.39. The van der Waals surface area contributed by atoms with E-state index >= 15 is 0 Å². The van der Waals surface area contributed by atoms with Gasteiger partial charge in [0, 0.05) is 24.7 Å². The monoisotopic (exact) mass is 347 g/mol. The van der Waals surface area contributed by atoms with E-state index in [1.165, 1.54) is 12.8 Å². The Bertz CT molecular complexity index is 591. The lowest BCUT2D eigenvalue weighted by molar-refractivity contribution is 0.0955. The highest BCUT2D eigenvalue weighted by Gasteiger charge is 2.54. The fourth-order valence-electron chi connectivity index (χ4n) is 3.64. The lowest BCUT2D eigenvalue weighted by Crippen LogP contribution is -2.21. The van der Waals surface area contributed by atoms with Crippen LogP contribution in [-0.2, 0) is 7.05 Å². The maximum Gasteiger partial charge on any atom is 0.255 e. The summed E-state index contributed by atoms with van der Waals surface area (Å²) in [6.45, 7) is 0. The van der Waals surface area contributed by atoms with Crippen LogP contribution in [0.3, 0.4) is 0 Å². The zero-order valence-corrected chi connectivity index (χ0v) is 13.9. The zero-order chi connectivity index (χ0) is 15.4. The smallest absolute Gasteiger partial charge is 0.255 e. The quantitative estimate of drug-likeness (QED) is 0.606. The minimum atomic E-state index is -2.00. The molecule has 0 aliphatic heterocycles. The van der Waals surface area contributed by atoms with Crippen LogP contribution in [-0.4, -0.2) is 19.9 Å². The van der Waals surface area contributed by atoms with Crippen molar-refractivity contribution in [2.75, 3.05) is 0 Å². The van der Waals surface area contributed by atoms with Crippen molar-refractivity contribution >= 4 is 46.4 Å². The topological polar surface area (TPSA) is 39.1 Å². The van der Waals surface area contributed by atoms with Gasteiger partial charge in [0.15, 0.2) is 5.78 Å². The SMILES string of the molecule is Cn1cc(C(=O)C2C3CCCCC32)cc1C(=O)C(Cl)(Cl)Cl. The molecule has 0 bridgehead atoms. The predicted octanol–water partition coefficient (Wildman–Crippen LogP) is 4.20. The lowest BCUT2D eigenvalue weighted by Gasteiger charge is -2.09. The van der Waals surface area contributed by atoms with E-state index in [0.717, 1.165) is 12.8 Å². The van der Waals surface area contributed by atoms with E-state index in [0.29, 0.717) is 17.4 Å². The first-order valence-corrected chi connectivity index (χ1v) is 8.26. The normalized spacial score (nSPS) is 28.1. The molecule has 3 nitrogen and oxygen atoms in total. The molecule has 1 aromatic heterocycles. The summed E-state index contributed by atoms with van der Waals surface area (Å²) in [5.74, 6) is 0.733. The van der Waals surface area contributed by atoms with E-state index in [1.54, 1.807) is 23.9 Å². The summed E-state index contributed by atoms with van der Waals surface area (Å²) >= 11 is 16.9. The molecule has 0 spiro atoms. The summed E-state index contributed by atoms with van der Waals surface area (Å²) in [4.78, 5) is 24.6. The first kappa shape index (κ1) is 15.4. The highest BCUT2D eigenvalue weighted by Crippen LogP contribution is 2.56. The van der Waals surface area contributed by atoms with Crippen molar-refractivity contribution < 1.29 is 9.59 Å². The van der Waals surface area contributed by atoms with Crippen LogP contribution in [0.2, 0.25) is 0 Å². The largest absolute Gasteiger partial charge is 0.347 e. The van der Waals surface area contributed by atoms with E-state index < -0.39 is 9.58 Å². The Morgan fingerprint density at radius 3 is 2.29 bits per heavy atom. The maximum atomic E-state index is 12.6. The van der Waals surface area contributed by atoms with E-state index in [4.69, 9.17) is 34.8 Å². The highest BCUT2D eigenvalue weighted by molar-refractivity contribution is 6.77. The van der Waals surface area contributed by atoms with Gasteiger partial charge >= 0.3 is 0 Å². The number of hydrogen-bond donors (Lipinski definition) is 0. The molecule has 2 aliphatic carbocycles. The van der Waals surface area contributed by atoms with Gasteiger partial charge in [0.05, 0.1) is 5.69 Å². The minimum absolute atomic E-state index is 0.130. The Hall–Kier alpha value is -0.510. The molecule has 0 saturated heterocycles. The van der Waals surface area contributed by atoms with E-state index in [-0.39, 0.29) is 17.4 Å². The van der Waals surface area contributed by atoms with Gasteiger partial charge in [0.25, 0.3) is 3.79 Å². The first-order valence-electron chi connectivity index (χ1n) is 7.13. The third-order valence-corrected chi connectivity index (χ3v) is 5.25. The van der Waals surface area contributed by atoms with Gasteiger partial charge in [0.1, 0.15) is 0 Å². The number of ketones is 2. The number of carbonyl (C=O) groups is 2. The van der Waals surface area contributed by atoms with Crippen molar-refractivity contribution in [1.82, 2.24) is 4.57 Å². The predicted molar refractivity (Wildman–Crippen MR) is 83.3 cm³/mol. The van der Waals surface area contributed by atoms with Crippen molar-refractivity contribution in [3.8, 4) is 0 Å². The zero-order valence-electron chi connectivity index (χ0n) is 11.6. The Morgan fingerprint density at radius 2 is 1.76 bits per heavy atom. The fourth-order valence-corrected chi connectivity index (χ4v) is 3.93. The average molecular weight is 349 g/mol. The minimum Gasteiger partial charge on any atom is -0.347 e. The van der Waals surface area contributed by atoms with Crippen LogP contribution in [0.5, 0.6) is 0 Å². The molecule has 2 unspecified atom stereocenters. The number of Topliss-reactive ketones (excluding diaryl/α,β-unsaturated/α-hetero) is 2. The van der Waals surface area contributed by atoms with Crippen LogP contribution in [0.4, 0.5) is 0 Å². The van der Waals surface area contributed by atoms with Crippen LogP contribution in [0.25, 0.3) is 0 Å². The Morgan fingerprint density at radius 1 is 1.19 bits per heavy atom. The molecule has 114 valence electrons. The molecule has 3 rings (SSSR count). The molecule has 6 heteroatoms. The van der Waals surface area contributed by atoms with Gasteiger partial charge < -0.3 is 4.57 Å². The van der Waals surface area contributed by atoms with Crippen molar-refractivity contribution in [1.29, 1.82) is 0 Å². The van der Waals surface area contributed by atoms with Crippen LogP contribution in [0.15, 0.2) is 12.3 Å². The third kappa shape index (κ3) is 2.76. The summed E-state index contributed by atoms with van der Waals surface area (Å²) in [6, 6.07) is 1.55. The molecule has 1 heterocycles. The summed E-state index contributed by atoms with van der Waals surface area (Å²) in [5.41, 5.74) is 0.802. The molecule has 2 fully saturated rings. The summed E-state index contributed by atoms with van der Waals surface area (Å²) < 4.78 is -0.441. The van der Waals surface area contributed by atoms with E-state index in [2.05, 4.69) is 0 Å². The number of rotatable bonds is 3. The Kier molecular flexibility index (Phi) is 3.88. The third-order valence-electron chi connectivity index (χ3n) is 4.74. The van der Waals surface area contributed by atoms with Gasteiger partial charge in [-0.25, -0.2) is 0 Å². The second-order valence-corrected chi connectivity index (χ2v) is 8.34. The van der Waals surface area contributed by atoms with Crippen molar-refractivity contribution in [3.05, 3.63) is 23.5 Å². The Labute approximate surface area is 138 Å². The van der Waals surface area contributed by atoms with Crippen molar-refractivity contribution in [3.63, 3.8) is 0 Å². The van der Waals surface area contributed by atoms with Crippen LogP contribution in [0, 0.1) is 17.8 Å². The second kappa shape index (κ2) is 5.29. The molecule has 0 N–H and O–H groups in total. The average Bonchev–Trinajstić information content (AvgIpc) is 3.02. The van der Waals surface area contributed by atoms with E-state index in [9.17, 15) is 9.59 Å².